The van der Waals surface area contributed by atoms with Crippen molar-refractivity contribution in [3.63, 3.8) is 0 Å². The molecule has 0 radical (unpaired) electrons. The average molecular weight is 395 g/mol. The van der Waals surface area contributed by atoms with Gasteiger partial charge in [-0.05, 0) is 49.3 Å². The maximum atomic E-state index is 12.5. The third-order valence-corrected chi connectivity index (χ3v) is 6.22. The Bertz CT molecular complexity index is 549. The van der Waals surface area contributed by atoms with Crippen LogP contribution in [0.2, 0.25) is 0 Å². The number of hydrogen-bond acceptors (Lipinski definition) is 3. The Hall–Kier alpha value is -0.910. The zero-order valence-electron chi connectivity index (χ0n) is 14.1. The van der Waals surface area contributed by atoms with Gasteiger partial charge in [-0.3, -0.25) is 4.79 Å². The van der Waals surface area contributed by atoms with E-state index in [0.717, 1.165) is 30.2 Å². The molecule has 1 saturated heterocycles. The van der Waals surface area contributed by atoms with Crippen molar-refractivity contribution in [2.24, 2.45) is 11.7 Å². The fraction of sp³-hybridized carbons (Fsp3) is 0.632. The van der Waals surface area contributed by atoms with Gasteiger partial charge in [-0.1, -0.05) is 40.9 Å². The quantitative estimate of drug-likeness (QED) is 0.805. The number of nitrogens with one attached hydrogen (secondary N) is 1. The van der Waals surface area contributed by atoms with Crippen molar-refractivity contribution in [3.05, 3.63) is 34.3 Å². The van der Waals surface area contributed by atoms with Gasteiger partial charge < -0.3 is 15.8 Å². The van der Waals surface area contributed by atoms with Gasteiger partial charge in [-0.2, -0.15) is 0 Å². The highest BCUT2D eigenvalue weighted by Crippen LogP contribution is 2.41. The van der Waals surface area contributed by atoms with Gasteiger partial charge in [0, 0.05) is 29.6 Å². The molecule has 1 aliphatic heterocycles. The molecule has 0 aromatic heterocycles. The topological polar surface area (TPSA) is 64.4 Å². The minimum Gasteiger partial charge on any atom is -0.381 e. The first-order valence-electron chi connectivity index (χ1n) is 8.98. The number of nitrogens with two attached hydrogens (primary N) is 1. The molecule has 0 bridgehead atoms. The first-order chi connectivity index (χ1) is 11.6. The lowest BCUT2D eigenvalue weighted by atomic mass is 9.78. The Balaban J connectivity index is 1.63. The van der Waals surface area contributed by atoms with Crippen molar-refractivity contribution in [1.29, 1.82) is 0 Å². The van der Waals surface area contributed by atoms with Gasteiger partial charge in [0.25, 0.3) is 0 Å². The molecule has 0 spiro atoms. The first kappa shape index (κ1) is 17.9. The van der Waals surface area contributed by atoms with Crippen molar-refractivity contribution in [1.82, 2.24) is 5.32 Å². The summed E-state index contributed by atoms with van der Waals surface area (Å²) in [5, 5.41) is 3.16. The number of benzene rings is 1. The van der Waals surface area contributed by atoms with Gasteiger partial charge in [-0.15, -0.1) is 0 Å². The molecule has 3 rings (SSSR count). The van der Waals surface area contributed by atoms with E-state index in [2.05, 4.69) is 45.5 Å². The van der Waals surface area contributed by atoms with Crippen LogP contribution in [0.1, 0.15) is 44.1 Å². The van der Waals surface area contributed by atoms with Crippen LogP contribution in [-0.4, -0.2) is 31.7 Å². The maximum Gasteiger partial charge on any atom is 0.237 e. The summed E-state index contributed by atoms with van der Waals surface area (Å²) in [5.41, 5.74) is 7.59. The largest absolute Gasteiger partial charge is 0.381 e. The van der Waals surface area contributed by atoms with Crippen LogP contribution in [0.3, 0.4) is 0 Å². The Labute approximate surface area is 152 Å². The summed E-state index contributed by atoms with van der Waals surface area (Å²) in [6.07, 6.45) is 6.46. The number of hydrogen-bond donors (Lipinski definition) is 2. The van der Waals surface area contributed by atoms with E-state index in [-0.39, 0.29) is 17.2 Å². The first-order valence-corrected chi connectivity index (χ1v) is 9.77. The summed E-state index contributed by atoms with van der Waals surface area (Å²) in [6.45, 7) is 2.12. The van der Waals surface area contributed by atoms with Crippen molar-refractivity contribution in [2.75, 3.05) is 19.8 Å². The van der Waals surface area contributed by atoms with Crippen LogP contribution in [0.4, 0.5) is 0 Å². The van der Waals surface area contributed by atoms with Crippen molar-refractivity contribution in [3.8, 4) is 0 Å². The van der Waals surface area contributed by atoms with Crippen LogP contribution in [0.15, 0.2) is 28.7 Å². The molecular formula is C19H27BrN2O2. The Morgan fingerprint density at radius 3 is 2.50 bits per heavy atom. The molecule has 132 valence electrons. The predicted octanol–water partition coefficient (Wildman–Crippen LogP) is 3.13. The minimum atomic E-state index is -0.419. The summed E-state index contributed by atoms with van der Waals surface area (Å²) in [7, 11) is 0. The molecule has 4 nitrogen and oxygen atoms in total. The third kappa shape index (κ3) is 4.01. The lowest BCUT2D eigenvalue weighted by molar-refractivity contribution is -0.124. The normalized spacial score (nSPS) is 22.2. The zero-order chi connectivity index (χ0) is 17.0. The lowest BCUT2D eigenvalue weighted by Gasteiger charge is -2.32. The number of ether oxygens (including phenoxy) is 1. The fourth-order valence-corrected chi connectivity index (χ4v) is 4.35. The summed E-state index contributed by atoms with van der Waals surface area (Å²) >= 11 is 3.50. The van der Waals surface area contributed by atoms with Crippen LogP contribution in [0, 0.1) is 5.92 Å². The molecule has 2 aliphatic rings. The Morgan fingerprint density at radius 1 is 1.25 bits per heavy atom. The molecule has 1 aromatic carbocycles. The van der Waals surface area contributed by atoms with Gasteiger partial charge in [0.1, 0.15) is 0 Å². The number of carbonyl (C=O) groups is 1. The Kier molecular flexibility index (Phi) is 5.95. The monoisotopic (exact) mass is 394 g/mol. The number of halogens is 1. The smallest absolute Gasteiger partial charge is 0.237 e. The van der Waals surface area contributed by atoms with Crippen molar-refractivity contribution in [2.45, 2.75) is 50.0 Å². The molecule has 1 atom stereocenters. The van der Waals surface area contributed by atoms with Crippen LogP contribution in [0.25, 0.3) is 0 Å². The minimum absolute atomic E-state index is 0.00899. The highest BCUT2D eigenvalue weighted by atomic mass is 79.9. The molecule has 5 heteroatoms. The summed E-state index contributed by atoms with van der Waals surface area (Å²) < 4.78 is 6.45. The molecule has 1 amide bonds. The van der Waals surface area contributed by atoms with Crippen LogP contribution in [-0.2, 0) is 14.9 Å². The highest BCUT2D eigenvalue weighted by molar-refractivity contribution is 9.10. The zero-order valence-corrected chi connectivity index (χ0v) is 15.7. The molecule has 1 aliphatic carbocycles. The van der Waals surface area contributed by atoms with E-state index in [1.165, 1.54) is 18.4 Å². The second kappa shape index (κ2) is 7.98. The Morgan fingerprint density at radius 2 is 1.88 bits per heavy atom. The SMILES string of the molecule is NC(C(=O)NCC1(c2ccc(Br)cc2)CCCC1)C1CCOCC1. The van der Waals surface area contributed by atoms with E-state index in [1.54, 1.807) is 0 Å². The lowest BCUT2D eigenvalue weighted by Crippen LogP contribution is -2.50. The van der Waals surface area contributed by atoms with E-state index in [4.69, 9.17) is 10.5 Å². The van der Waals surface area contributed by atoms with E-state index in [9.17, 15) is 4.79 Å². The van der Waals surface area contributed by atoms with Crippen molar-refractivity contribution < 1.29 is 9.53 Å². The molecule has 3 N–H and O–H groups in total. The summed E-state index contributed by atoms with van der Waals surface area (Å²) in [5.74, 6) is 0.233. The second-order valence-electron chi connectivity index (χ2n) is 7.19. The van der Waals surface area contributed by atoms with Crippen LogP contribution < -0.4 is 11.1 Å². The molecule has 1 aromatic rings. The molecule has 24 heavy (non-hydrogen) atoms. The fourth-order valence-electron chi connectivity index (χ4n) is 4.09. The number of rotatable bonds is 5. The summed E-state index contributed by atoms with van der Waals surface area (Å²) in [6, 6.07) is 8.12. The molecular weight excluding hydrogens is 368 g/mol. The maximum absolute atomic E-state index is 12.5. The van der Waals surface area contributed by atoms with Crippen LogP contribution >= 0.6 is 15.9 Å². The average Bonchev–Trinajstić information content (AvgIpc) is 3.10. The highest BCUT2D eigenvalue weighted by Gasteiger charge is 2.36. The summed E-state index contributed by atoms with van der Waals surface area (Å²) in [4.78, 5) is 12.5. The standard InChI is InChI=1S/C19H27BrN2O2/c20-16-5-3-15(4-6-16)19(9-1-2-10-19)13-22-18(23)17(21)14-7-11-24-12-8-14/h3-6,14,17H,1-2,7-13,21H2,(H,22,23). The van der Waals surface area contributed by atoms with E-state index in [0.29, 0.717) is 19.8 Å². The third-order valence-electron chi connectivity index (χ3n) is 5.69. The van der Waals surface area contributed by atoms with Gasteiger partial charge in [0.15, 0.2) is 0 Å². The predicted molar refractivity (Wildman–Crippen MR) is 98.8 cm³/mol. The van der Waals surface area contributed by atoms with E-state index in [1.807, 2.05) is 0 Å². The number of carbonyl (C=O) groups excluding carboxylic acids is 1. The van der Waals surface area contributed by atoms with Crippen molar-refractivity contribution >= 4 is 21.8 Å². The van der Waals surface area contributed by atoms with E-state index < -0.39 is 6.04 Å². The molecule has 1 saturated carbocycles. The van der Waals surface area contributed by atoms with Crippen LogP contribution in [0.5, 0.6) is 0 Å². The van der Waals surface area contributed by atoms with E-state index >= 15 is 0 Å². The number of amides is 1. The van der Waals surface area contributed by atoms with Gasteiger partial charge in [-0.25, -0.2) is 0 Å². The van der Waals surface area contributed by atoms with Gasteiger partial charge >= 0.3 is 0 Å². The molecule has 1 heterocycles. The second-order valence-corrected chi connectivity index (χ2v) is 8.10. The van der Waals surface area contributed by atoms with Gasteiger partial charge in [0.05, 0.1) is 6.04 Å². The molecule has 2 fully saturated rings. The molecule has 1 unspecified atom stereocenters. The van der Waals surface area contributed by atoms with Gasteiger partial charge in [0.2, 0.25) is 5.91 Å².